The zero-order valence-electron chi connectivity index (χ0n) is 16.8. The lowest BCUT2D eigenvalue weighted by molar-refractivity contribution is -0.132. The van der Waals surface area contributed by atoms with E-state index in [4.69, 9.17) is 30.0 Å². The van der Waals surface area contributed by atoms with E-state index in [0.717, 1.165) is 0 Å². The van der Waals surface area contributed by atoms with Crippen LogP contribution in [0.5, 0.6) is 0 Å². The van der Waals surface area contributed by atoms with Crippen molar-refractivity contribution in [3.63, 3.8) is 0 Å². The molecule has 0 spiro atoms. The van der Waals surface area contributed by atoms with Crippen molar-refractivity contribution in [2.75, 3.05) is 37.8 Å². The first-order chi connectivity index (χ1) is 14.8. The first-order valence-corrected chi connectivity index (χ1v) is 13.1. The third-order valence-electron chi connectivity index (χ3n) is 5.01. The van der Waals surface area contributed by atoms with E-state index in [9.17, 15) is 18.7 Å². The molecule has 7 N–H and O–H groups in total. The normalized spacial score (nSPS) is 19.7. The van der Waals surface area contributed by atoms with Gasteiger partial charge in [-0.25, -0.2) is 4.98 Å². The number of nitrogens with one attached hydrogen (secondary N) is 1. The second-order valence-electron chi connectivity index (χ2n) is 7.47. The van der Waals surface area contributed by atoms with Crippen LogP contribution in [0.4, 0.5) is 5.95 Å². The Balaban J connectivity index is 1.79. The molecule has 3 heterocycles. The number of nitrogens with zero attached hydrogens (tertiary/aromatic N) is 4. The van der Waals surface area contributed by atoms with E-state index in [1.54, 1.807) is 4.57 Å². The maximum atomic E-state index is 12.7. The quantitative estimate of drug-likeness (QED) is 0.175. The maximum absolute atomic E-state index is 12.7. The Bertz CT molecular complexity index is 1140. The van der Waals surface area contributed by atoms with Crippen LogP contribution in [-0.2, 0) is 18.7 Å². The van der Waals surface area contributed by atoms with Gasteiger partial charge in [0, 0.05) is 13.0 Å². The lowest BCUT2D eigenvalue weighted by Crippen LogP contribution is -2.39. The first-order valence-electron chi connectivity index (χ1n) is 9.53. The predicted octanol–water partition coefficient (Wildman–Crippen LogP) is -1.39. The highest BCUT2D eigenvalue weighted by molar-refractivity contribution is 7.52. The number of anilines is 1. The minimum atomic E-state index is -4.37. The van der Waals surface area contributed by atoms with Gasteiger partial charge >= 0.3 is 15.2 Å². The highest BCUT2D eigenvalue weighted by atomic mass is 31.2. The molecule has 2 atom stereocenters. The third-order valence-corrected chi connectivity index (χ3v) is 6.58. The summed E-state index contributed by atoms with van der Waals surface area (Å²) in [5.41, 5.74) is 5.40. The number of imidazole rings is 1. The number of carbonyl (C=O) groups is 1. The Morgan fingerprint density at radius 2 is 1.94 bits per heavy atom. The summed E-state index contributed by atoms with van der Waals surface area (Å²) in [5.74, 6) is -0.608. The Kier molecular flexibility index (Phi) is 7.20. The van der Waals surface area contributed by atoms with Crippen LogP contribution in [-0.4, -0.2) is 88.0 Å². The number of nitrogens with two attached hydrogens (primary N) is 1. The van der Waals surface area contributed by atoms with E-state index in [2.05, 4.69) is 15.0 Å². The highest BCUT2D eigenvalue weighted by Gasteiger charge is 2.37. The molecule has 0 unspecified atom stereocenters. The summed E-state index contributed by atoms with van der Waals surface area (Å²) in [6.45, 7) is -0.134. The largest absolute Gasteiger partial charge is 0.379 e. The number of H-pyrrole nitrogens is 1. The van der Waals surface area contributed by atoms with Gasteiger partial charge in [0.25, 0.3) is 5.56 Å². The molecule has 0 bridgehead atoms. The Hall–Kier alpha value is -2.12. The molecular weight excluding hydrogens is 470 g/mol. The smallest absolute Gasteiger partial charge is 0.327 e. The minimum Gasteiger partial charge on any atom is -0.379 e. The standard InChI is InChI=1S/C15H24N6O9P2/c16-15-18-13-12(14(23)19-15)17-8-21(13)9-5-10(7-30-2-4-32(27,28)29)20(6-9)11(22)1-3-31(24,25)26/h8-10H,1-7H2,(H2,24,25,26)(H2,27,28,29)(H3,16,18,19,23)/t9-,10+/m0/s1. The third kappa shape index (κ3) is 6.23. The van der Waals surface area contributed by atoms with Crippen LogP contribution in [0.2, 0.25) is 0 Å². The van der Waals surface area contributed by atoms with Gasteiger partial charge in [0.2, 0.25) is 11.9 Å². The lowest BCUT2D eigenvalue weighted by Gasteiger charge is -2.24. The van der Waals surface area contributed by atoms with Gasteiger partial charge in [-0.3, -0.25) is 23.7 Å². The zero-order valence-corrected chi connectivity index (χ0v) is 18.6. The van der Waals surface area contributed by atoms with Crippen molar-refractivity contribution in [1.29, 1.82) is 0 Å². The molecule has 1 amide bonds. The van der Waals surface area contributed by atoms with Crippen molar-refractivity contribution in [2.24, 2.45) is 0 Å². The van der Waals surface area contributed by atoms with Crippen molar-refractivity contribution in [1.82, 2.24) is 24.4 Å². The predicted molar refractivity (Wildman–Crippen MR) is 111 cm³/mol. The molecule has 2 aromatic rings. The van der Waals surface area contributed by atoms with E-state index in [1.807, 2.05) is 0 Å². The van der Waals surface area contributed by atoms with Crippen molar-refractivity contribution in [3.05, 3.63) is 16.7 Å². The number of ether oxygens (including phenoxy) is 1. The van der Waals surface area contributed by atoms with Crippen LogP contribution >= 0.6 is 15.2 Å². The van der Waals surface area contributed by atoms with Crippen LogP contribution in [0.3, 0.4) is 0 Å². The maximum Gasteiger partial charge on any atom is 0.327 e. The number of hydrogen-bond donors (Lipinski definition) is 6. The van der Waals surface area contributed by atoms with Crippen molar-refractivity contribution < 1.29 is 38.2 Å². The van der Waals surface area contributed by atoms with Crippen molar-refractivity contribution in [3.8, 4) is 0 Å². The van der Waals surface area contributed by atoms with Gasteiger partial charge in [0.15, 0.2) is 11.2 Å². The molecule has 1 fully saturated rings. The summed E-state index contributed by atoms with van der Waals surface area (Å²) in [5, 5.41) is 0. The first kappa shape index (κ1) is 24.5. The Labute approximate surface area is 180 Å². The fourth-order valence-corrected chi connectivity index (χ4v) is 4.40. The molecule has 1 aliphatic rings. The SMILES string of the molecule is Nc1nc2c(ncn2[C@H]2C[C@H](COCCP(=O)(O)O)N(C(=O)CCP(=O)(O)O)C2)c(=O)[nH]1. The van der Waals surface area contributed by atoms with Gasteiger partial charge in [-0.1, -0.05) is 0 Å². The average Bonchev–Trinajstić information content (AvgIpc) is 3.26. The number of amides is 1. The van der Waals surface area contributed by atoms with Crippen LogP contribution in [0.1, 0.15) is 18.9 Å². The summed E-state index contributed by atoms with van der Waals surface area (Å²) in [4.78, 5) is 72.6. The molecule has 1 saturated heterocycles. The van der Waals surface area contributed by atoms with E-state index >= 15 is 0 Å². The average molecular weight is 494 g/mol. The van der Waals surface area contributed by atoms with Gasteiger partial charge in [0.05, 0.1) is 43.9 Å². The monoisotopic (exact) mass is 494 g/mol. The number of rotatable bonds is 9. The molecule has 0 aliphatic carbocycles. The molecule has 17 heteroatoms. The van der Waals surface area contributed by atoms with Crippen molar-refractivity contribution >= 4 is 38.2 Å². The van der Waals surface area contributed by atoms with E-state index in [0.29, 0.717) is 6.42 Å². The molecule has 15 nitrogen and oxygen atoms in total. The van der Waals surface area contributed by atoms with Gasteiger partial charge in [-0.05, 0) is 6.42 Å². The Morgan fingerprint density at radius 1 is 1.25 bits per heavy atom. The fourth-order valence-electron chi connectivity index (χ4n) is 3.55. The number of carbonyl (C=O) groups excluding carboxylic acids is 1. The summed E-state index contributed by atoms with van der Waals surface area (Å²) in [6, 6.07) is -0.916. The Morgan fingerprint density at radius 3 is 2.59 bits per heavy atom. The minimum absolute atomic E-state index is 0.0407. The van der Waals surface area contributed by atoms with Crippen LogP contribution in [0, 0.1) is 0 Å². The molecule has 32 heavy (non-hydrogen) atoms. The second kappa shape index (κ2) is 9.40. The number of likely N-dealkylation sites (tertiary alicyclic amines) is 1. The summed E-state index contributed by atoms with van der Waals surface area (Å²) >= 11 is 0. The number of fused-ring (bicyclic) bond motifs is 1. The van der Waals surface area contributed by atoms with E-state index < -0.39 is 45.0 Å². The van der Waals surface area contributed by atoms with Gasteiger partial charge in [-0.15, -0.1) is 0 Å². The number of nitrogen functional groups attached to an aromatic ring is 1. The molecule has 178 valence electrons. The van der Waals surface area contributed by atoms with Gasteiger partial charge < -0.3 is 39.5 Å². The van der Waals surface area contributed by atoms with Crippen molar-refractivity contribution in [2.45, 2.75) is 24.9 Å². The number of aromatic nitrogens is 4. The number of aromatic amines is 1. The van der Waals surface area contributed by atoms with Gasteiger partial charge in [0.1, 0.15) is 0 Å². The zero-order chi connectivity index (χ0) is 23.7. The van der Waals surface area contributed by atoms with Gasteiger partial charge in [-0.2, -0.15) is 4.98 Å². The van der Waals surface area contributed by atoms with E-state index in [-0.39, 0.29) is 49.3 Å². The lowest BCUT2D eigenvalue weighted by atomic mass is 10.2. The second-order valence-corrected chi connectivity index (χ2v) is 11.0. The summed E-state index contributed by atoms with van der Waals surface area (Å²) in [7, 11) is -8.61. The molecule has 1 aliphatic heterocycles. The van der Waals surface area contributed by atoms with E-state index in [1.165, 1.54) is 11.2 Å². The molecule has 3 rings (SSSR count). The van der Waals surface area contributed by atoms with Crippen LogP contribution in [0.15, 0.2) is 11.1 Å². The summed E-state index contributed by atoms with van der Waals surface area (Å²) in [6.07, 6.45) is 0.253. The molecule has 0 radical (unpaired) electrons. The number of hydrogen-bond acceptors (Lipinski definition) is 8. The topological polar surface area (TPSA) is 234 Å². The highest BCUT2D eigenvalue weighted by Crippen LogP contribution is 2.37. The molecule has 2 aromatic heterocycles. The summed E-state index contributed by atoms with van der Waals surface area (Å²) < 4.78 is 29.1. The van der Waals surface area contributed by atoms with Crippen LogP contribution < -0.4 is 11.3 Å². The molecule has 0 aromatic carbocycles. The fraction of sp³-hybridized carbons (Fsp3) is 0.600. The molecule has 0 saturated carbocycles. The van der Waals surface area contributed by atoms with Crippen LogP contribution in [0.25, 0.3) is 11.2 Å². The molecular formula is C15H24N6O9P2.